The predicted molar refractivity (Wildman–Crippen MR) is 61.2 cm³/mol. The molecule has 0 saturated heterocycles. The number of aromatic nitrogens is 1. The van der Waals surface area contributed by atoms with Gasteiger partial charge >= 0.3 is 0 Å². The Labute approximate surface area is 82.9 Å². The fourth-order valence-electron chi connectivity index (χ4n) is 1.12. The summed E-state index contributed by atoms with van der Waals surface area (Å²) in [6.07, 6.45) is 2.94. The van der Waals surface area contributed by atoms with Crippen LogP contribution in [0.3, 0.4) is 0 Å². The lowest BCUT2D eigenvalue weighted by atomic mass is 10.2. The zero-order valence-corrected chi connectivity index (χ0v) is 9.09. The Morgan fingerprint density at radius 2 is 2.00 bits per heavy atom. The van der Waals surface area contributed by atoms with E-state index in [1.54, 1.807) is 0 Å². The molecule has 0 atom stereocenters. The molecule has 2 rings (SSSR count). The molecule has 1 aromatic rings. The van der Waals surface area contributed by atoms with Gasteiger partial charge < -0.3 is 5.32 Å². The summed E-state index contributed by atoms with van der Waals surface area (Å²) in [5, 5.41) is 3.19. The van der Waals surface area contributed by atoms with Gasteiger partial charge in [0.1, 0.15) is 5.82 Å². The Hall–Kier alpha value is -1.05. The van der Waals surface area contributed by atoms with Crippen molar-refractivity contribution < 1.29 is 1.43 Å². The molecule has 1 aliphatic heterocycles. The van der Waals surface area contributed by atoms with Gasteiger partial charge in [-0.15, -0.1) is 0 Å². The third-order valence-electron chi connectivity index (χ3n) is 1.58. The number of rotatable bonds is 0. The summed E-state index contributed by atoms with van der Waals surface area (Å²) in [5.41, 5.74) is 1.34. The van der Waals surface area contributed by atoms with Gasteiger partial charge in [0.2, 0.25) is 0 Å². The molecule has 0 bridgehead atoms. The third kappa shape index (κ3) is 3.45. The highest BCUT2D eigenvalue weighted by Crippen LogP contribution is 2.16. The molecule has 1 N–H and O–H groups in total. The van der Waals surface area contributed by atoms with Crippen LogP contribution >= 0.6 is 0 Å². The molecule has 0 aromatic carbocycles. The molecule has 0 spiro atoms. The molecule has 0 saturated carbocycles. The van der Waals surface area contributed by atoms with Gasteiger partial charge in [-0.2, -0.15) is 0 Å². The summed E-state index contributed by atoms with van der Waals surface area (Å²) in [6, 6.07) is 4.09. The highest BCUT2D eigenvalue weighted by Gasteiger charge is 2.07. The summed E-state index contributed by atoms with van der Waals surface area (Å²) in [6.45, 7) is 9.05. The van der Waals surface area contributed by atoms with Crippen LogP contribution in [0.15, 0.2) is 18.3 Å². The van der Waals surface area contributed by atoms with Crippen molar-refractivity contribution in [3.05, 3.63) is 23.9 Å². The summed E-state index contributed by atoms with van der Waals surface area (Å²) in [7, 11) is 0. The van der Waals surface area contributed by atoms with Gasteiger partial charge in [-0.25, -0.2) is 4.98 Å². The number of pyridine rings is 1. The van der Waals surface area contributed by atoms with Crippen LogP contribution in [0.25, 0.3) is 0 Å². The number of hydrogen-bond donors (Lipinski definition) is 1. The maximum Gasteiger partial charge on any atom is 0.129 e. The largest absolute Gasteiger partial charge is 0.370 e. The van der Waals surface area contributed by atoms with Crippen LogP contribution in [0.5, 0.6) is 0 Å². The summed E-state index contributed by atoms with van der Waals surface area (Å²) in [4.78, 5) is 4.15. The van der Waals surface area contributed by atoms with E-state index in [1.807, 2.05) is 40.0 Å². The van der Waals surface area contributed by atoms with E-state index >= 15 is 0 Å². The zero-order valence-electron chi connectivity index (χ0n) is 9.09. The monoisotopic (exact) mass is 182 g/mol. The lowest BCUT2D eigenvalue weighted by Gasteiger charge is -1.93. The highest BCUT2D eigenvalue weighted by atomic mass is 15.0. The van der Waals surface area contributed by atoms with Crippen molar-refractivity contribution in [1.82, 2.24) is 4.98 Å². The second-order valence-electron chi connectivity index (χ2n) is 2.19. The van der Waals surface area contributed by atoms with Crippen molar-refractivity contribution in [2.24, 2.45) is 0 Å². The standard InChI is InChI=1S/C7H8N2.2C2H6.H2/c1-2-6-3-5-9-7(6)8-4-1;2*1-2;/h1-2,4H,3,5H2,(H,8,9);2*1-2H3;1H. The van der Waals surface area contributed by atoms with E-state index in [-0.39, 0.29) is 1.43 Å². The molecular weight excluding hydrogens is 160 g/mol. The van der Waals surface area contributed by atoms with Crippen LogP contribution in [0.1, 0.15) is 34.7 Å². The smallest absolute Gasteiger partial charge is 0.129 e. The van der Waals surface area contributed by atoms with Crippen molar-refractivity contribution in [1.29, 1.82) is 0 Å². The predicted octanol–water partition coefficient (Wildman–Crippen LogP) is 3.35. The van der Waals surface area contributed by atoms with Crippen LogP contribution in [-0.4, -0.2) is 11.5 Å². The van der Waals surface area contributed by atoms with Crippen molar-refractivity contribution in [2.75, 3.05) is 11.9 Å². The fraction of sp³-hybridized carbons (Fsp3) is 0.545. The summed E-state index contributed by atoms with van der Waals surface area (Å²) < 4.78 is 0. The van der Waals surface area contributed by atoms with Crippen LogP contribution in [0.2, 0.25) is 0 Å². The van der Waals surface area contributed by atoms with Crippen molar-refractivity contribution in [3.8, 4) is 0 Å². The quantitative estimate of drug-likeness (QED) is 0.665. The van der Waals surface area contributed by atoms with E-state index in [2.05, 4.69) is 16.4 Å². The molecular formula is C11H22N2. The van der Waals surface area contributed by atoms with E-state index < -0.39 is 0 Å². The molecule has 76 valence electrons. The topological polar surface area (TPSA) is 24.9 Å². The molecule has 2 heterocycles. The van der Waals surface area contributed by atoms with Gasteiger partial charge in [0, 0.05) is 14.2 Å². The van der Waals surface area contributed by atoms with Gasteiger partial charge in [0.05, 0.1) is 0 Å². The van der Waals surface area contributed by atoms with Gasteiger partial charge in [-0.3, -0.25) is 0 Å². The second-order valence-corrected chi connectivity index (χ2v) is 2.19. The van der Waals surface area contributed by atoms with E-state index in [0.29, 0.717) is 0 Å². The molecule has 0 amide bonds. The summed E-state index contributed by atoms with van der Waals surface area (Å²) in [5.74, 6) is 1.07. The first-order chi connectivity index (χ1) is 6.47. The van der Waals surface area contributed by atoms with Crippen LogP contribution in [0.4, 0.5) is 5.82 Å². The minimum Gasteiger partial charge on any atom is -0.370 e. The normalized spacial score (nSPS) is 11.1. The minimum absolute atomic E-state index is 0. The number of hydrogen-bond acceptors (Lipinski definition) is 2. The molecule has 0 unspecified atom stereocenters. The van der Waals surface area contributed by atoms with Gasteiger partial charge in [0.25, 0.3) is 0 Å². The molecule has 13 heavy (non-hydrogen) atoms. The SMILES string of the molecule is CC.CC.[HH].c1cnc2c(c1)CCN2. The molecule has 0 fully saturated rings. The van der Waals surface area contributed by atoms with Crippen molar-refractivity contribution >= 4 is 5.82 Å². The second kappa shape index (κ2) is 7.59. The lowest BCUT2D eigenvalue weighted by Crippen LogP contribution is -1.92. The van der Waals surface area contributed by atoms with E-state index in [0.717, 1.165) is 18.8 Å². The molecule has 1 aliphatic rings. The average Bonchev–Trinajstić information content (AvgIpc) is 2.71. The third-order valence-corrected chi connectivity index (χ3v) is 1.58. The number of nitrogens with one attached hydrogen (secondary N) is 1. The van der Waals surface area contributed by atoms with Crippen molar-refractivity contribution in [2.45, 2.75) is 34.1 Å². The zero-order chi connectivity index (χ0) is 10.1. The minimum atomic E-state index is 0. The average molecular weight is 182 g/mol. The summed E-state index contributed by atoms with van der Waals surface area (Å²) >= 11 is 0. The van der Waals surface area contributed by atoms with E-state index in [4.69, 9.17) is 0 Å². The van der Waals surface area contributed by atoms with Gasteiger partial charge in [-0.05, 0) is 18.1 Å². The lowest BCUT2D eigenvalue weighted by molar-refractivity contribution is 1.11. The number of fused-ring (bicyclic) bond motifs is 1. The Balaban J connectivity index is 0. The Morgan fingerprint density at radius 3 is 2.62 bits per heavy atom. The fourth-order valence-corrected chi connectivity index (χ4v) is 1.12. The molecule has 0 aliphatic carbocycles. The van der Waals surface area contributed by atoms with Crippen LogP contribution < -0.4 is 5.32 Å². The van der Waals surface area contributed by atoms with E-state index in [9.17, 15) is 0 Å². The number of anilines is 1. The Bertz CT molecular complexity index is 203. The highest BCUT2D eigenvalue weighted by molar-refractivity contribution is 5.48. The number of nitrogens with zero attached hydrogens (tertiary/aromatic N) is 1. The van der Waals surface area contributed by atoms with E-state index in [1.165, 1.54) is 5.56 Å². The maximum atomic E-state index is 4.15. The van der Waals surface area contributed by atoms with Crippen LogP contribution in [-0.2, 0) is 6.42 Å². The molecule has 2 heteroatoms. The van der Waals surface area contributed by atoms with Crippen molar-refractivity contribution in [3.63, 3.8) is 0 Å². The first kappa shape index (κ1) is 11.9. The Kier molecular flexibility index (Phi) is 6.98. The maximum absolute atomic E-state index is 4.15. The van der Waals surface area contributed by atoms with Gasteiger partial charge in [0.15, 0.2) is 0 Å². The Morgan fingerprint density at radius 1 is 1.31 bits per heavy atom. The van der Waals surface area contributed by atoms with Crippen LogP contribution in [0, 0.1) is 0 Å². The molecule has 1 aromatic heterocycles. The first-order valence-electron chi connectivity index (χ1n) is 5.14. The van der Waals surface area contributed by atoms with Gasteiger partial charge in [-0.1, -0.05) is 33.8 Å². The molecule has 2 nitrogen and oxygen atoms in total. The first-order valence-corrected chi connectivity index (χ1v) is 5.14. The molecule has 0 radical (unpaired) electrons.